The van der Waals surface area contributed by atoms with E-state index < -0.39 is 0 Å². The van der Waals surface area contributed by atoms with Crippen LogP contribution in [0.5, 0.6) is 0 Å². The molecule has 0 atom stereocenters. The summed E-state index contributed by atoms with van der Waals surface area (Å²) in [5.41, 5.74) is 4.23. The number of rotatable bonds is 2. The van der Waals surface area contributed by atoms with Crippen LogP contribution < -0.4 is 0 Å². The molecule has 0 saturated heterocycles. The normalized spacial score (nSPS) is 12.0. The minimum Gasteiger partial charge on any atom is -0.292 e. The standard InChI is InChI=1S/C35H20N4S/c1-2-10-21(11-3-1)34-37-27-15-7-4-12-23(27)35(38-34)39-28-16-8-5-13-24(28)30-22-18-19-36-20-26(22)33-31(32(30)39)25-14-6-9-17-29(25)40-33/h1-20H. The molecule has 0 radical (unpaired) electrons. The van der Waals surface area contributed by atoms with Gasteiger partial charge in [0.05, 0.1) is 16.6 Å². The second kappa shape index (κ2) is 8.18. The minimum absolute atomic E-state index is 0.719. The van der Waals surface area contributed by atoms with Gasteiger partial charge in [0.1, 0.15) is 5.82 Å². The van der Waals surface area contributed by atoms with Crippen molar-refractivity contribution in [3.8, 4) is 17.2 Å². The van der Waals surface area contributed by atoms with Crippen molar-refractivity contribution >= 4 is 75.0 Å². The summed E-state index contributed by atoms with van der Waals surface area (Å²) in [6, 6.07) is 38.1. The number of hydrogen-bond acceptors (Lipinski definition) is 4. The number of thiophene rings is 1. The van der Waals surface area contributed by atoms with Gasteiger partial charge in [-0.1, -0.05) is 78.9 Å². The third-order valence-corrected chi connectivity index (χ3v) is 9.07. The molecule has 0 N–H and O–H groups in total. The Balaban J connectivity index is 1.58. The zero-order valence-electron chi connectivity index (χ0n) is 21.2. The predicted octanol–water partition coefficient (Wildman–Crippen LogP) is 9.31. The number of fused-ring (bicyclic) bond motifs is 11. The number of nitrogens with zero attached hydrogens (tertiary/aromatic N) is 4. The molecule has 4 nitrogen and oxygen atoms in total. The summed E-state index contributed by atoms with van der Waals surface area (Å²) in [5, 5.41) is 8.35. The molecule has 0 saturated carbocycles. The van der Waals surface area contributed by atoms with Crippen molar-refractivity contribution in [2.24, 2.45) is 0 Å². The molecule has 0 amide bonds. The molecule has 40 heavy (non-hydrogen) atoms. The van der Waals surface area contributed by atoms with Crippen molar-refractivity contribution in [1.29, 1.82) is 0 Å². The average molecular weight is 529 g/mol. The maximum Gasteiger partial charge on any atom is 0.162 e. The topological polar surface area (TPSA) is 43.6 Å². The highest BCUT2D eigenvalue weighted by Gasteiger charge is 2.23. The quantitative estimate of drug-likeness (QED) is 0.225. The number of hydrogen-bond donors (Lipinski definition) is 0. The minimum atomic E-state index is 0.719. The molecule has 186 valence electrons. The number of pyridine rings is 1. The van der Waals surface area contributed by atoms with E-state index in [1.54, 1.807) is 0 Å². The number of aromatic nitrogens is 4. The Morgan fingerprint density at radius 3 is 2.23 bits per heavy atom. The van der Waals surface area contributed by atoms with Gasteiger partial charge in [0.2, 0.25) is 0 Å². The SMILES string of the molecule is c1ccc(-c2nc(-n3c4ccccc4c4c5ccncc5c5sc6ccccc6c5c43)c3ccccc3n2)cc1. The molecule has 0 fully saturated rings. The zero-order chi connectivity index (χ0) is 26.2. The van der Waals surface area contributed by atoms with Gasteiger partial charge in [-0.2, -0.15) is 0 Å². The summed E-state index contributed by atoms with van der Waals surface area (Å²) >= 11 is 1.84. The summed E-state index contributed by atoms with van der Waals surface area (Å²) in [6.07, 6.45) is 3.92. The highest BCUT2D eigenvalue weighted by Crippen LogP contribution is 2.47. The molecule has 0 spiro atoms. The Morgan fingerprint density at radius 1 is 0.575 bits per heavy atom. The van der Waals surface area contributed by atoms with E-state index >= 15 is 0 Å². The molecular formula is C35H20N4S. The van der Waals surface area contributed by atoms with Crippen molar-refractivity contribution in [2.45, 2.75) is 0 Å². The van der Waals surface area contributed by atoms with Crippen LogP contribution in [0, 0.1) is 0 Å². The van der Waals surface area contributed by atoms with Crippen molar-refractivity contribution in [2.75, 3.05) is 0 Å². The Kier molecular flexibility index (Phi) is 4.45. The van der Waals surface area contributed by atoms with Crippen LogP contribution >= 0.6 is 11.3 Å². The van der Waals surface area contributed by atoms with Crippen molar-refractivity contribution < 1.29 is 0 Å². The highest BCUT2D eigenvalue weighted by atomic mass is 32.1. The molecule has 9 aromatic rings. The van der Waals surface area contributed by atoms with Gasteiger partial charge in [-0.15, -0.1) is 11.3 Å². The van der Waals surface area contributed by atoms with Crippen molar-refractivity contribution in [3.05, 3.63) is 122 Å². The van der Waals surface area contributed by atoms with Crippen LogP contribution in [-0.2, 0) is 0 Å². The van der Waals surface area contributed by atoms with Crippen LogP contribution in [0.3, 0.4) is 0 Å². The summed E-state index contributed by atoms with van der Waals surface area (Å²) in [5.74, 6) is 1.61. The molecule has 5 heteroatoms. The Labute approximate surface area is 232 Å². The van der Waals surface area contributed by atoms with E-state index in [2.05, 4.69) is 94.5 Å². The fourth-order valence-electron chi connectivity index (χ4n) is 6.18. The first-order chi connectivity index (χ1) is 19.9. The van der Waals surface area contributed by atoms with Crippen molar-refractivity contribution in [1.82, 2.24) is 19.5 Å². The molecule has 0 bridgehead atoms. The molecular weight excluding hydrogens is 508 g/mol. The van der Waals surface area contributed by atoms with E-state index in [-0.39, 0.29) is 0 Å². The fraction of sp³-hybridized carbons (Fsp3) is 0. The lowest BCUT2D eigenvalue weighted by molar-refractivity contribution is 1.08. The largest absolute Gasteiger partial charge is 0.292 e. The second-order valence-electron chi connectivity index (χ2n) is 10.1. The Hall–Kier alpha value is -5.13. The smallest absolute Gasteiger partial charge is 0.162 e. The van der Waals surface area contributed by atoms with Gasteiger partial charge in [-0.25, -0.2) is 9.97 Å². The van der Waals surface area contributed by atoms with Gasteiger partial charge >= 0.3 is 0 Å². The van der Waals surface area contributed by atoms with Gasteiger partial charge in [-0.05, 0) is 35.7 Å². The third kappa shape index (κ3) is 2.92. The average Bonchev–Trinajstić information content (AvgIpc) is 3.58. The maximum atomic E-state index is 5.31. The lowest BCUT2D eigenvalue weighted by atomic mass is 10.0. The van der Waals surface area contributed by atoms with Crippen LogP contribution in [-0.4, -0.2) is 19.5 Å². The van der Waals surface area contributed by atoms with Crippen LogP contribution in [0.2, 0.25) is 0 Å². The van der Waals surface area contributed by atoms with Gasteiger partial charge in [-0.3, -0.25) is 9.55 Å². The molecule has 4 aromatic heterocycles. The Bertz CT molecular complexity index is 2440. The summed E-state index contributed by atoms with van der Waals surface area (Å²) < 4.78 is 4.90. The molecule has 4 heterocycles. The van der Waals surface area contributed by atoms with Crippen LogP contribution in [0.15, 0.2) is 122 Å². The third-order valence-electron chi connectivity index (χ3n) is 7.87. The Morgan fingerprint density at radius 2 is 1.32 bits per heavy atom. The van der Waals surface area contributed by atoms with Crippen LogP contribution in [0.4, 0.5) is 0 Å². The van der Waals surface area contributed by atoms with Gasteiger partial charge in [0, 0.05) is 59.7 Å². The van der Waals surface area contributed by atoms with Gasteiger partial charge < -0.3 is 0 Å². The molecule has 0 aliphatic carbocycles. The first-order valence-corrected chi connectivity index (χ1v) is 14.1. The number of benzene rings is 5. The van der Waals surface area contributed by atoms with E-state index in [0.29, 0.717) is 0 Å². The lowest BCUT2D eigenvalue weighted by Crippen LogP contribution is -2.03. The van der Waals surface area contributed by atoms with E-state index in [0.717, 1.165) is 33.6 Å². The highest BCUT2D eigenvalue weighted by molar-refractivity contribution is 7.27. The second-order valence-corrected chi connectivity index (χ2v) is 11.1. The molecule has 0 aliphatic rings. The number of para-hydroxylation sites is 2. The maximum absolute atomic E-state index is 5.31. The summed E-state index contributed by atoms with van der Waals surface area (Å²) in [6.45, 7) is 0. The first-order valence-electron chi connectivity index (χ1n) is 13.3. The first kappa shape index (κ1) is 21.8. The summed E-state index contributed by atoms with van der Waals surface area (Å²) in [7, 11) is 0. The van der Waals surface area contributed by atoms with E-state index in [1.807, 2.05) is 48.0 Å². The van der Waals surface area contributed by atoms with Gasteiger partial charge in [0.15, 0.2) is 5.82 Å². The monoisotopic (exact) mass is 528 g/mol. The molecule has 0 aliphatic heterocycles. The fourth-order valence-corrected chi connectivity index (χ4v) is 7.41. The zero-order valence-corrected chi connectivity index (χ0v) is 22.1. The van der Waals surface area contributed by atoms with Gasteiger partial charge in [0.25, 0.3) is 0 Å². The lowest BCUT2D eigenvalue weighted by Gasteiger charge is -2.13. The summed E-state index contributed by atoms with van der Waals surface area (Å²) in [4.78, 5) is 14.9. The molecule has 9 rings (SSSR count). The van der Waals surface area contributed by atoms with Crippen LogP contribution in [0.1, 0.15) is 0 Å². The van der Waals surface area contributed by atoms with E-state index in [9.17, 15) is 0 Å². The van der Waals surface area contributed by atoms with Crippen LogP contribution in [0.25, 0.3) is 80.9 Å². The van der Waals surface area contributed by atoms with E-state index in [4.69, 9.17) is 9.97 Å². The van der Waals surface area contributed by atoms with Crippen molar-refractivity contribution in [3.63, 3.8) is 0 Å². The van der Waals surface area contributed by atoms with E-state index in [1.165, 1.54) is 47.2 Å². The molecule has 0 unspecified atom stereocenters. The predicted molar refractivity (Wildman–Crippen MR) is 168 cm³/mol. The molecule has 5 aromatic carbocycles.